The summed E-state index contributed by atoms with van der Waals surface area (Å²) in [6.07, 6.45) is 1.77. The Kier molecular flexibility index (Phi) is 7.30. The van der Waals surface area contributed by atoms with E-state index in [4.69, 9.17) is 9.84 Å². The van der Waals surface area contributed by atoms with Gasteiger partial charge in [-0.2, -0.15) is 0 Å². The van der Waals surface area contributed by atoms with Crippen LogP contribution in [-0.2, 0) is 14.4 Å². The Morgan fingerprint density at radius 3 is 2.50 bits per heavy atom. The van der Waals surface area contributed by atoms with E-state index in [-0.39, 0.29) is 36.7 Å². The molecule has 1 N–H and O–H groups in total. The van der Waals surface area contributed by atoms with Gasteiger partial charge in [-0.15, -0.1) is 0 Å². The van der Waals surface area contributed by atoms with Gasteiger partial charge >= 0.3 is 5.97 Å². The Bertz CT molecular complexity index is 735. The number of nitrogens with zero attached hydrogens (tertiary/aromatic N) is 3. The molecule has 1 atom stereocenters. The van der Waals surface area contributed by atoms with Crippen molar-refractivity contribution in [2.24, 2.45) is 0 Å². The van der Waals surface area contributed by atoms with Gasteiger partial charge in [0, 0.05) is 38.2 Å². The van der Waals surface area contributed by atoms with Crippen LogP contribution in [0.3, 0.4) is 0 Å². The number of ether oxygens (including phenoxy) is 1. The fourth-order valence-corrected chi connectivity index (χ4v) is 3.18. The number of carbonyl (C=O) groups excluding carboxylic acids is 2. The normalized spacial score (nSPS) is 16.8. The topological polar surface area (TPSA) is 130 Å². The predicted molar refractivity (Wildman–Crippen MR) is 97.8 cm³/mol. The molecule has 152 valence electrons. The highest BCUT2D eigenvalue weighted by Gasteiger charge is 2.27. The number of amides is 2. The summed E-state index contributed by atoms with van der Waals surface area (Å²) in [5.41, 5.74) is -0.0615. The fourth-order valence-electron chi connectivity index (χ4n) is 3.18. The molecule has 2 rings (SSSR count). The van der Waals surface area contributed by atoms with E-state index in [2.05, 4.69) is 0 Å². The maximum absolute atomic E-state index is 12.4. The van der Waals surface area contributed by atoms with Crippen LogP contribution in [0.15, 0.2) is 24.3 Å². The number of hydrogen-bond donors (Lipinski definition) is 1. The largest absolute Gasteiger partial charge is 0.484 e. The number of rotatable bonds is 7. The molecule has 1 fully saturated rings. The third-order valence-electron chi connectivity index (χ3n) is 4.61. The number of carboxylic acids is 1. The zero-order chi connectivity index (χ0) is 20.7. The van der Waals surface area contributed by atoms with Crippen LogP contribution in [0.2, 0.25) is 0 Å². The van der Waals surface area contributed by atoms with Crippen LogP contribution in [0.1, 0.15) is 26.2 Å². The van der Waals surface area contributed by atoms with E-state index in [1.165, 1.54) is 36.1 Å². The highest BCUT2D eigenvalue weighted by Crippen LogP contribution is 2.19. The molecule has 0 aromatic heterocycles. The lowest BCUT2D eigenvalue weighted by molar-refractivity contribution is -0.384. The first kappa shape index (κ1) is 21.1. The molecule has 1 unspecified atom stereocenters. The molecule has 10 nitrogen and oxygen atoms in total. The van der Waals surface area contributed by atoms with Gasteiger partial charge in [-0.3, -0.25) is 24.5 Å². The van der Waals surface area contributed by atoms with Gasteiger partial charge in [0.15, 0.2) is 6.61 Å². The molecule has 1 aliphatic heterocycles. The molecule has 1 aromatic rings. The number of nitro benzene ring substituents is 1. The van der Waals surface area contributed by atoms with Gasteiger partial charge in [-0.1, -0.05) is 0 Å². The molecule has 28 heavy (non-hydrogen) atoms. The third-order valence-corrected chi connectivity index (χ3v) is 4.61. The van der Waals surface area contributed by atoms with E-state index < -0.39 is 10.9 Å². The summed E-state index contributed by atoms with van der Waals surface area (Å²) in [7, 11) is 0. The lowest BCUT2D eigenvalue weighted by Gasteiger charge is -2.28. The first-order valence-electron chi connectivity index (χ1n) is 8.92. The van der Waals surface area contributed by atoms with Crippen LogP contribution in [0.4, 0.5) is 5.69 Å². The van der Waals surface area contributed by atoms with Crippen LogP contribution in [0.5, 0.6) is 5.75 Å². The highest BCUT2D eigenvalue weighted by atomic mass is 16.6. The highest BCUT2D eigenvalue weighted by molar-refractivity contribution is 5.80. The van der Waals surface area contributed by atoms with Gasteiger partial charge in [-0.05, 0) is 31.4 Å². The average molecular weight is 393 g/mol. The van der Waals surface area contributed by atoms with Crippen molar-refractivity contribution in [3.05, 3.63) is 34.4 Å². The Morgan fingerprint density at radius 1 is 1.25 bits per heavy atom. The van der Waals surface area contributed by atoms with E-state index in [1.54, 1.807) is 4.90 Å². The number of aliphatic carboxylic acids is 1. The molecule has 2 amide bonds. The number of nitro groups is 1. The van der Waals surface area contributed by atoms with E-state index in [1.807, 2.05) is 0 Å². The number of non-ortho nitro benzene ring substituents is 1. The summed E-state index contributed by atoms with van der Waals surface area (Å²) in [4.78, 5) is 48.2. The van der Waals surface area contributed by atoms with Crippen molar-refractivity contribution in [3.8, 4) is 5.75 Å². The molecule has 1 aliphatic rings. The molecule has 0 saturated carbocycles. The lowest BCUT2D eigenvalue weighted by atomic mass is 10.1. The predicted octanol–water partition coefficient (Wildman–Crippen LogP) is 1.29. The maximum Gasteiger partial charge on any atom is 0.323 e. The molecule has 1 heterocycles. The lowest BCUT2D eigenvalue weighted by Crippen LogP contribution is -2.43. The van der Waals surface area contributed by atoms with Crippen LogP contribution in [0, 0.1) is 10.1 Å². The Balaban J connectivity index is 1.88. The minimum atomic E-state index is -1.07. The van der Waals surface area contributed by atoms with Crippen molar-refractivity contribution in [2.75, 3.05) is 26.2 Å². The Hall–Kier alpha value is -3.17. The van der Waals surface area contributed by atoms with Crippen molar-refractivity contribution in [3.63, 3.8) is 0 Å². The Labute approximate surface area is 161 Å². The monoisotopic (exact) mass is 393 g/mol. The second kappa shape index (κ2) is 9.67. The number of likely N-dealkylation sites (tertiary alicyclic amines) is 1. The third kappa shape index (κ3) is 5.93. The van der Waals surface area contributed by atoms with Gasteiger partial charge in [0.1, 0.15) is 12.3 Å². The van der Waals surface area contributed by atoms with Crippen LogP contribution < -0.4 is 4.74 Å². The number of benzene rings is 1. The SMILES string of the molecule is CC(=O)N(CC(=O)O)C1CCCN(C(=O)COc2ccc([N+](=O)[O-])cc2)CC1. The smallest absolute Gasteiger partial charge is 0.323 e. The van der Waals surface area contributed by atoms with E-state index in [0.717, 1.165) is 0 Å². The zero-order valence-electron chi connectivity index (χ0n) is 15.6. The molecular weight excluding hydrogens is 370 g/mol. The second-order valence-corrected chi connectivity index (χ2v) is 6.55. The molecule has 0 bridgehead atoms. The fraction of sp³-hybridized carbons (Fsp3) is 0.500. The molecule has 10 heteroatoms. The molecule has 0 spiro atoms. The van der Waals surface area contributed by atoms with Crippen molar-refractivity contribution in [1.82, 2.24) is 9.80 Å². The Morgan fingerprint density at radius 2 is 1.93 bits per heavy atom. The van der Waals surface area contributed by atoms with Gasteiger partial charge < -0.3 is 19.6 Å². The first-order valence-corrected chi connectivity index (χ1v) is 8.92. The van der Waals surface area contributed by atoms with Crippen LogP contribution >= 0.6 is 0 Å². The maximum atomic E-state index is 12.4. The molecule has 0 aliphatic carbocycles. The minimum absolute atomic E-state index is 0.0615. The van der Waals surface area contributed by atoms with Crippen LogP contribution in [-0.4, -0.2) is 69.9 Å². The number of hydrogen-bond acceptors (Lipinski definition) is 6. The second-order valence-electron chi connectivity index (χ2n) is 6.55. The summed E-state index contributed by atoms with van der Waals surface area (Å²) in [5.74, 6) is -1.24. The van der Waals surface area contributed by atoms with E-state index in [9.17, 15) is 24.5 Å². The van der Waals surface area contributed by atoms with E-state index >= 15 is 0 Å². The summed E-state index contributed by atoms with van der Waals surface area (Å²) < 4.78 is 5.41. The van der Waals surface area contributed by atoms with Crippen molar-refractivity contribution in [1.29, 1.82) is 0 Å². The quantitative estimate of drug-likeness (QED) is 0.545. The summed E-state index contributed by atoms with van der Waals surface area (Å²) in [5, 5.41) is 19.6. The summed E-state index contributed by atoms with van der Waals surface area (Å²) in [6.45, 7) is 1.69. The van der Waals surface area contributed by atoms with Gasteiger partial charge in [-0.25, -0.2) is 0 Å². The van der Waals surface area contributed by atoms with E-state index in [0.29, 0.717) is 38.1 Å². The zero-order valence-corrected chi connectivity index (χ0v) is 15.6. The van der Waals surface area contributed by atoms with Gasteiger partial charge in [0.25, 0.3) is 11.6 Å². The van der Waals surface area contributed by atoms with Gasteiger partial charge in [0.2, 0.25) is 5.91 Å². The molecule has 1 aromatic carbocycles. The molecule has 0 radical (unpaired) electrons. The number of carboxylic acid groups (broad SMARTS) is 1. The van der Waals surface area contributed by atoms with Crippen LogP contribution in [0.25, 0.3) is 0 Å². The summed E-state index contributed by atoms with van der Waals surface area (Å²) >= 11 is 0. The molecular formula is C18H23N3O7. The molecule has 1 saturated heterocycles. The number of carbonyl (C=O) groups is 3. The minimum Gasteiger partial charge on any atom is -0.484 e. The standard InChI is InChI=1S/C18H23N3O7/c1-13(22)20(11-18(24)25)14-3-2-9-19(10-8-14)17(23)12-28-16-6-4-15(5-7-16)21(26)27/h4-7,14H,2-3,8-12H2,1H3,(H,24,25). The average Bonchev–Trinajstić information content (AvgIpc) is 2.90. The van der Waals surface area contributed by atoms with Crippen molar-refractivity contribution < 1.29 is 29.2 Å². The van der Waals surface area contributed by atoms with Crippen molar-refractivity contribution in [2.45, 2.75) is 32.2 Å². The first-order chi connectivity index (χ1) is 13.3. The summed E-state index contributed by atoms with van der Waals surface area (Å²) in [6, 6.07) is 5.24. The van der Waals surface area contributed by atoms with Gasteiger partial charge in [0.05, 0.1) is 4.92 Å². The van der Waals surface area contributed by atoms with Crippen molar-refractivity contribution >= 4 is 23.5 Å².